The van der Waals surface area contributed by atoms with Gasteiger partial charge >= 0.3 is 0 Å². The number of methoxy groups -OCH3 is 1. The third-order valence-corrected chi connectivity index (χ3v) is 6.37. The number of hydrogen-bond donors (Lipinski definition) is 0. The van der Waals surface area contributed by atoms with Gasteiger partial charge in [0.1, 0.15) is 5.75 Å². The summed E-state index contributed by atoms with van der Waals surface area (Å²) in [6.45, 7) is 6.94. The van der Waals surface area contributed by atoms with Crippen molar-refractivity contribution in [2.75, 3.05) is 40.8 Å². The maximum Gasteiger partial charge on any atom is 0.253 e. The van der Waals surface area contributed by atoms with Crippen LogP contribution in [0.25, 0.3) is 0 Å². The van der Waals surface area contributed by atoms with Crippen LogP contribution in [0.4, 0.5) is 0 Å². The molecule has 0 aliphatic carbocycles. The molecule has 2 aromatic carbocycles. The molecule has 3 aliphatic rings. The van der Waals surface area contributed by atoms with Gasteiger partial charge in [-0.1, -0.05) is 30.3 Å². The first-order chi connectivity index (χ1) is 14.5. The Morgan fingerprint density at radius 3 is 2.47 bits per heavy atom. The van der Waals surface area contributed by atoms with E-state index >= 15 is 0 Å². The Bertz CT molecular complexity index is 897. The summed E-state index contributed by atoms with van der Waals surface area (Å²) in [5, 5.41) is 0. The van der Waals surface area contributed by atoms with Crippen molar-refractivity contribution in [2.24, 2.45) is 0 Å². The van der Waals surface area contributed by atoms with Crippen molar-refractivity contribution < 1.29 is 9.53 Å². The first-order valence-corrected chi connectivity index (χ1v) is 10.6. The Kier molecular flexibility index (Phi) is 5.93. The van der Waals surface area contributed by atoms with E-state index in [1.54, 1.807) is 26.1 Å². The molecule has 5 heteroatoms. The van der Waals surface area contributed by atoms with Gasteiger partial charge in [-0.3, -0.25) is 14.6 Å². The molecule has 0 aromatic heterocycles. The van der Waals surface area contributed by atoms with E-state index in [0.29, 0.717) is 17.6 Å². The molecule has 0 saturated carbocycles. The molecule has 1 amide bonds. The largest absolute Gasteiger partial charge is 0.497 e. The lowest BCUT2D eigenvalue weighted by atomic mass is 9.84. The van der Waals surface area contributed by atoms with Gasteiger partial charge in [-0.2, -0.15) is 0 Å². The second-order valence-electron chi connectivity index (χ2n) is 8.48. The molecule has 3 heterocycles. The van der Waals surface area contributed by atoms with Crippen molar-refractivity contribution in [3.63, 3.8) is 0 Å². The van der Waals surface area contributed by atoms with Gasteiger partial charge in [0.25, 0.3) is 5.91 Å². The van der Waals surface area contributed by atoms with Gasteiger partial charge in [0.05, 0.1) is 13.2 Å². The van der Waals surface area contributed by atoms with E-state index in [2.05, 4.69) is 46.7 Å². The quantitative estimate of drug-likeness (QED) is 0.662. The lowest BCUT2D eigenvalue weighted by Gasteiger charge is -2.57. The number of nitrogens with zero attached hydrogens (tertiary/aromatic N) is 3. The van der Waals surface area contributed by atoms with Crippen LogP contribution < -0.4 is 4.74 Å². The number of piperidine rings is 1. The predicted molar refractivity (Wildman–Crippen MR) is 120 cm³/mol. The molecule has 3 unspecified atom stereocenters. The van der Waals surface area contributed by atoms with Gasteiger partial charge < -0.3 is 9.64 Å². The Balaban J connectivity index is 1.65. The number of ether oxygens (including phenoxy) is 1. The summed E-state index contributed by atoms with van der Waals surface area (Å²) in [5.41, 5.74) is 3.14. The van der Waals surface area contributed by atoms with Crippen molar-refractivity contribution in [3.05, 3.63) is 77.9 Å². The molecule has 158 valence electrons. The molecule has 3 aliphatic heterocycles. The molecule has 3 atom stereocenters. The van der Waals surface area contributed by atoms with E-state index in [4.69, 9.17) is 4.74 Å². The molecule has 30 heavy (non-hydrogen) atoms. The average molecular weight is 406 g/mol. The molecule has 0 spiro atoms. The predicted octanol–water partition coefficient (Wildman–Crippen LogP) is 3.43. The molecular weight excluding hydrogens is 374 g/mol. The summed E-state index contributed by atoms with van der Waals surface area (Å²) >= 11 is 0. The minimum absolute atomic E-state index is 0.0266. The molecule has 2 aromatic rings. The molecule has 0 radical (unpaired) electrons. The van der Waals surface area contributed by atoms with E-state index in [9.17, 15) is 4.79 Å². The van der Waals surface area contributed by atoms with Crippen molar-refractivity contribution in [1.29, 1.82) is 0 Å². The molecule has 3 saturated heterocycles. The van der Waals surface area contributed by atoms with Crippen LogP contribution in [-0.2, 0) is 0 Å². The number of carbonyl (C=O) groups is 1. The Hall–Kier alpha value is -2.63. The fourth-order valence-corrected chi connectivity index (χ4v) is 4.87. The zero-order valence-electron chi connectivity index (χ0n) is 18.1. The number of benzene rings is 2. The molecule has 5 rings (SSSR count). The van der Waals surface area contributed by atoms with Crippen molar-refractivity contribution >= 4 is 5.91 Å². The number of carbonyl (C=O) groups excluding carboxylic acids is 1. The van der Waals surface area contributed by atoms with E-state index in [-0.39, 0.29) is 11.9 Å². The second kappa shape index (κ2) is 8.62. The molecule has 3 fully saturated rings. The van der Waals surface area contributed by atoms with E-state index in [1.807, 2.05) is 24.3 Å². The van der Waals surface area contributed by atoms with Crippen LogP contribution in [0.15, 0.2) is 61.2 Å². The van der Waals surface area contributed by atoms with Crippen molar-refractivity contribution in [1.82, 2.24) is 14.7 Å². The van der Waals surface area contributed by atoms with Gasteiger partial charge in [-0.05, 0) is 41.8 Å². The normalized spacial score (nSPS) is 22.1. The topological polar surface area (TPSA) is 36.0 Å². The SMILES string of the molecule is C=CCN1C2CC1CN(C(c1ccc(C(=O)N(C)C)cc1)c1cccc(OC)c1)C2. The maximum atomic E-state index is 12.3. The highest BCUT2D eigenvalue weighted by molar-refractivity contribution is 5.93. The molecule has 2 bridgehead atoms. The molecule has 0 N–H and O–H groups in total. The third-order valence-electron chi connectivity index (χ3n) is 6.37. The third kappa shape index (κ3) is 3.87. The Morgan fingerprint density at radius 1 is 1.17 bits per heavy atom. The van der Waals surface area contributed by atoms with Gasteiger partial charge in [0.2, 0.25) is 0 Å². The van der Waals surface area contributed by atoms with Crippen LogP contribution in [0.5, 0.6) is 5.75 Å². The summed E-state index contributed by atoms with van der Waals surface area (Å²) in [6, 6.07) is 17.7. The highest BCUT2D eigenvalue weighted by Gasteiger charge is 2.45. The summed E-state index contributed by atoms with van der Waals surface area (Å²) in [5.74, 6) is 0.895. The molecular formula is C25H31N3O2. The smallest absolute Gasteiger partial charge is 0.253 e. The van der Waals surface area contributed by atoms with E-state index < -0.39 is 0 Å². The lowest BCUT2D eigenvalue weighted by molar-refractivity contribution is -0.0706. The van der Waals surface area contributed by atoms with Gasteiger partial charge in [-0.25, -0.2) is 0 Å². The highest BCUT2D eigenvalue weighted by atomic mass is 16.5. The second-order valence-corrected chi connectivity index (χ2v) is 8.48. The monoisotopic (exact) mass is 405 g/mol. The van der Waals surface area contributed by atoms with Crippen LogP contribution in [0.1, 0.15) is 33.9 Å². The van der Waals surface area contributed by atoms with Crippen LogP contribution in [0, 0.1) is 0 Å². The Labute approximate surface area is 179 Å². The first kappa shape index (κ1) is 20.6. The summed E-state index contributed by atoms with van der Waals surface area (Å²) in [7, 11) is 5.27. The average Bonchev–Trinajstić information content (AvgIpc) is 2.77. The number of fused-ring (bicyclic) bond motifs is 2. The van der Waals surface area contributed by atoms with Crippen molar-refractivity contribution in [2.45, 2.75) is 24.5 Å². The van der Waals surface area contributed by atoms with E-state index in [1.165, 1.54) is 17.5 Å². The Morgan fingerprint density at radius 2 is 1.87 bits per heavy atom. The van der Waals surface area contributed by atoms with Crippen LogP contribution >= 0.6 is 0 Å². The number of piperazine rings is 1. The summed E-state index contributed by atoms with van der Waals surface area (Å²) in [6.07, 6.45) is 3.28. The van der Waals surface area contributed by atoms with Crippen LogP contribution in [0.3, 0.4) is 0 Å². The minimum atomic E-state index is 0.0266. The van der Waals surface area contributed by atoms with Gasteiger partial charge in [0.15, 0.2) is 0 Å². The van der Waals surface area contributed by atoms with E-state index in [0.717, 1.165) is 25.4 Å². The maximum absolute atomic E-state index is 12.3. The van der Waals surface area contributed by atoms with Crippen LogP contribution in [0.2, 0.25) is 0 Å². The zero-order chi connectivity index (χ0) is 21.3. The first-order valence-electron chi connectivity index (χ1n) is 10.6. The molecule has 5 nitrogen and oxygen atoms in total. The number of amides is 1. The number of hydrogen-bond acceptors (Lipinski definition) is 4. The zero-order valence-corrected chi connectivity index (χ0v) is 18.1. The number of rotatable bonds is 7. The van der Waals surface area contributed by atoms with Gasteiger partial charge in [-0.15, -0.1) is 6.58 Å². The van der Waals surface area contributed by atoms with Crippen LogP contribution in [-0.4, -0.2) is 73.5 Å². The fourth-order valence-electron chi connectivity index (χ4n) is 4.87. The highest BCUT2D eigenvalue weighted by Crippen LogP contribution is 2.39. The summed E-state index contributed by atoms with van der Waals surface area (Å²) < 4.78 is 5.50. The summed E-state index contributed by atoms with van der Waals surface area (Å²) in [4.78, 5) is 19.1. The standard InChI is InChI=1S/C25H31N3O2/c1-5-13-28-21-15-22(28)17-27(16-21)24(20-7-6-8-23(14-20)30-4)18-9-11-19(12-10-18)25(29)26(2)3/h5-12,14,21-22,24H,1,13,15-17H2,2-4H3. The lowest BCUT2D eigenvalue weighted by Crippen LogP contribution is -2.68. The van der Waals surface area contributed by atoms with Gasteiger partial charge in [0, 0.05) is 51.4 Å². The minimum Gasteiger partial charge on any atom is -0.497 e. The fraction of sp³-hybridized carbons (Fsp3) is 0.400. The van der Waals surface area contributed by atoms with Crippen molar-refractivity contribution in [3.8, 4) is 5.75 Å².